The largest absolute Gasteiger partial charge is 0.512 e. The van der Waals surface area contributed by atoms with Crippen LogP contribution in [0.5, 0.6) is 0 Å². The number of nitrogens with zero attached hydrogens (tertiary/aromatic N) is 1. The Morgan fingerprint density at radius 1 is 0.861 bits per heavy atom. The fourth-order valence-electron chi connectivity index (χ4n) is 5.72. The predicted molar refractivity (Wildman–Crippen MR) is 152 cm³/mol. The Hall–Kier alpha value is -2.64. The summed E-state index contributed by atoms with van der Waals surface area (Å²) in [6.07, 6.45) is 3.20. The molecule has 1 radical (unpaired) electrons. The Kier molecular flexibility index (Phi) is 6.86. The van der Waals surface area contributed by atoms with Crippen LogP contribution >= 0.6 is 0 Å². The number of fused-ring (bicyclic) bond motifs is 3. The minimum atomic E-state index is -1.91. The van der Waals surface area contributed by atoms with Gasteiger partial charge < -0.3 is 5.11 Å². The van der Waals surface area contributed by atoms with Gasteiger partial charge in [0.1, 0.15) is 8.07 Å². The number of carbonyl (C=O) groups is 1. The summed E-state index contributed by atoms with van der Waals surface area (Å²) < 4.78 is 0. The van der Waals surface area contributed by atoms with Crippen LogP contribution in [0.4, 0.5) is 0 Å². The smallest absolute Gasteiger partial charge is 0.155 e. The topological polar surface area (TPSA) is 50.2 Å². The van der Waals surface area contributed by atoms with Crippen LogP contribution in [0.2, 0.25) is 26.2 Å². The molecule has 0 unspecified atom stereocenters. The molecule has 6 heteroatoms. The second-order valence-corrected chi connectivity index (χ2v) is 19.3. The third-order valence-corrected chi connectivity index (χ3v) is 14.4. The number of pyridine rings is 1. The number of benzene rings is 3. The molecule has 0 aliphatic carbocycles. The second-order valence-electron chi connectivity index (χ2n) is 10.6. The fourth-order valence-corrected chi connectivity index (χ4v) is 11.9. The van der Waals surface area contributed by atoms with E-state index in [1.165, 1.54) is 52.6 Å². The van der Waals surface area contributed by atoms with E-state index in [1.54, 1.807) is 15.6 Å². The zero-order valence-electron chi connectivity index (χ0n) is 21.5. The van der Waals surface area contributed by atoms with Crippen LogP contribution < -0.4 is 20.7 Å². The summed E-state index contributed by atoms with van der Waals surface area (Å²) in [5, 5.41) is 17.0. The van der Waals surface area contributed by atoms with Gasteiger partial charge in [0.15, 0.2) is 5.78 Å². The van der Waals surface area contributed by atoms with Crippen LogP contribution in [0.15, 0.2) is 72.6 Å². The van der Waals surface area contributed by atoms with Gasteiger partial charge in [-0.1, -0.05) is 83.9 Å². The normalized spacial score (nSPS) is 15.6. The number of hydrogen-bond acceptors (Lipinski definition) is 3. The van der Waals surface area contributed by atoms with E-state index in [2.05, 4.69) is 86.9 Å². The van der Waals surface area contributed by atoms with Crippen LogP contribution in [-0.4, -0.2) is 32.0 Å². The molecule has 3 heterocycles. The zero-order chi connectivity index (χ0) is 25.1. The number of rotatable bonds is 1. The number of allylic oxidation sites excluding steroid dienone is 2. The van der Waals surface area contributed by atoms with Crippen molar-refractivity contribution in [1.82, 2.24) is 4.98 Å². The minimum Gasteiger partial charge on any atom is -0.512 e. The van der Waals surface area contributed by atoms with Crippen molar-refractivity contribution in [3.63, 3.8) is 0 Å². The van der Waals surface area contributed by atoms with E-state index in [9.17, 15) is 4.79 Å². The summed E-state index contributed by atoms with van der Waals surface area (Å²) in [7, 11) is -3.60. The molecule has 185 valence electrons. The predicted octanol–water partition coefficient (Wildman–Crippen LogP) is 4.68. The number of aliphatic hydroxyl groups excluding tert-OH is 1. The molecule has 2 aliphatic rings. The number of ketones is 1. The van der Waals surface area contributed by atoms with Crippen molar-refractivity contribution in [1.29, 1.82) is 0 Å². The number of aliphatic hydroxyl groups is 1. The molecule has 1 N–H and O–H groups in total. The Balaban J connectivity index is 0.000000338. The Morgan fingerprint density at radius 3 is 2.08 bits per heavy atom. The molecule has 0 spiro atoms. The molecular formula is C30H30IrNO2Si2-. The summed E-state index contributed by atoms with van der Waals surface area (Å²) in [4.78, 5) is 15.0. The van der Waals surface area contributed by atoms with Gasteiger partial charge in [0.2, 0.25) is 0 Å². The average Bonchev–Trinajstić information content (AvgIpc) is 3.00. The first-order chi connectivity index (χ1) is 16.5. The first-order valence-corrected chi connectivity index (χ1v) is 18.0. The summed E-state index contributed by atoms with van der Waals surface area (Å²) in [6.45, 7) is 12.8. The minimum absolute atomic E-state index is 0. The van der Waals surface area contributed by atoms with Crippen LogP contribution in [0.1, 0.15) is 13.8 Å². The van der Waals surface area contributed by atoms with Gasteiger partial charge in [0.25, 0.3) is 0 Å². The maximum Gasteiger partial charge on any atom is 0.155 e. The van der Waals surface area contributed by atoms with E-state index in [1.807, 2.05) is 6.20 Å². The number of carbonyl (C=O) groups excluding carboxylic acids is 1. The van der Waals surface area contributed by atoms with Crippen LogP contribution in [-0.2, 0) is 24.9 Å². The molecule has 4 aromatic rings. The molecule has 2 aliphatic heterocycles. The summed E-state index contributed by atoms with van der Waals surface area (Å²) >= 11 is 0. The Morgan fingerprint density at radius 2 is 1.47 bits per heavy atom. The van der Waals surface area contributed by atoms with E-state index < -0.39 is 16.1 Å². The van der Waals surface area contributed by atoms with Crippen molar-refractivity contribution < 1.29 is 30.0 Å². The monoisotopic (exact) mass is 685 g/mol. The Bertz CT molecular complexity index is 1550. The van der Waals surface area contributed by atoms with Gasteiger partial charge in [-0.3, -0.25) is 9.78 Å². The van der Waals surface area contributed by atoms with Gasteiger partial charge in [0, 0.05) is 38.1 Å². The summed E-state index contributed by atoms with van der Waals surface area (Å²) in [6, 6.07) is 24.2. The molecule has 36 heavy (non-hydrogen) atoms. The number of aromatic nitrogens is 1. The van der Waals surface area contributed by atoms with E-state index in [0.29, 0.717) is 0 Å². The van der Waals surface area contributed by atoms with Crippen molar-refractivity contribution in [2.45, 2.75) is 40.0 Å². The second kappa shape index (κ2) is 9.35. The quantitative estimate of drug-likeness (QED) is 0.137. The molecule has 0 atom stereocenters. The van der Waals surface area contributed by atoms with Crippen molar-refractivity contribution in [2.75, 3.05) is 0 Å². The third-order valence-electron chi connectivity index (χ3n) is 7.40. The van der Waals surface area contributed by atoms with Crippen LogP contribution in [0.25, 0.3) is 33.2 Å². The molecule has 0 fully saturated rings. The third kappa shape index (κ3) is 4.06. The van der Waals surface area contributed by atoms with E-state index in [0.717, 1.165) is 5.69 Å². The van der Waals surface area contributed by atoms with Crippen molar-refractivity contribution >= 4 is 53.5 Å². The summed E-state index contributed by atoms with van der Waals surface area (Å²) in [5.41, 5.74) is 5.32. The standard InChI is InChI=1S/C25H22NSi2.C5H8O2.Ir/c1-27(2)19-10-7-11-20-23(19)24-21(27)12-13-26-25(24)18-14-16-8-5-6-9-17(16)15-22(18)28(20,3)4;1-4(6)3-5(2)7;/h5-13,15H,1-4H3;3,6H,1-2H3;/q-1;;/b;4-3-;. The molecule has 3 nitrogen and oxygen atoms in total. The molecule has 6 rings (SSSR count). The molecule has 1 aromatic heterocycles. The van der Waals surface area contributed by atoms with E-state index >= 15 is 0 Å². The van der Waals surface area contributed by atoms with Gasteiger partial charge in [-0.2, -0.15) is 0 Å². The van der Waals surface area contributed by atoms with Crippen LogP contribution in [0, 0.1) is 6.07 Å². The van der Waals surface area contributed by atoms with Crippen LogP contribution in [0.3, 0.4) is 0 Å². The van der Waals surface area contributed by atoms with Gasteiger partial charge in [0.05, 0.1) is 13.8 Å². The first kappa shape index (κ1) is 26.4. The molecule has 3 aromatic carbocycles. The Labute approximate surface area is 228 Å². The number of hydrogen-bond donors (Lipinski definition) is 1. The molecule has 0 bridgehead atoms. The fraction of sp³-hybridized carbons (Fsp3) is 0.200. The van der Waals surface area contributed by atoms with Gasteiger partial charge in [-0.15, -0.1) is 28.8 Å². The van der Waals surface area contributed by atoms with Crippen molar-refractivity contribution in [3.05, 3.63) is 78.7 Å². The van der Waals surface area contributed by atoms with Gasteiger partial charge in [-0.25, -0.2) is 0 Å². The molecular weight excluding hydrogens is 655 g/mol. The van der Waals surface area contributed by atoms with Gasteiger partial charge in [-0.05, 0) is 36.2 Å². The molecule has 0 saturated heterocycles. The summed E-state index contributed by atoms with van der Waals surface area (Å²) in [5.74, 6) is -0.0625. The zero-order valence-corrected chi connectivity index (χ0v) is 25.9. The molecule has 0 amide bonds. The average molecular weight is 685 g/mol. The van der Waals surface area contributed by atoms with E-state index in [-0.39, 0.29) is 31.6 Å². The SMILES string of the molecule is CC(=O)/C=C(/C)O.C[Si]1(C)c2cc3ccccc3[c-]c2-c2nccc3c2-c2c1cccc2[Si]3(C)C.[Ir]. The first-order valence-electron chi connectivity index (χ1n) is 12.0. The van der Waals surface area contributed by atoms with Crippen molar-refractivity contribution in [2.24, 2.45) is 0 Å². The maximum absolute atomic E-state index is 10.0. The van der Waals surface area contributed by atoms with Crippen molar-refractivity contribution in [3.8, 4) is 22.4 Å². The van der Waals surface area contributed by atoms with E-state index in [4.69, 9.17) is 10.1 Å². The van der Waals surface area contributed by atoms with Gasteiger partial charge >= 0.3 is 0 Å². The maximum atomic E-state index is 10.0. The molecule has 0 saturated carbocycles.